The van der Waals surface area contributed by atoms with Crippen molar-refractivity contribution in [1.29, 1.82) is 0 Å². The predicted octanol–water partition coefficient (Wildman–Crippen LogP) is 2.02. The average Bonchev–Trinajstić information content (AvgIpc) is 2.23. The summed E-state index contributed by atoms with van der Waals surface area (Å²) >= 11 is 0. The van der Waals surface area contributed by atoms with E-state index in [4.69, 9.17) is 4.74 Å². The Morgan fingerprint density at radius 1 is 1.29 bits per heavy atom. The van der Waals surface area contributed by atoms with E-state index in [0.717, 1.165) is 18.9 Å². The molecule has 0 atom stereocenters. The second-order valence-corrected chi connectivity index (χ2v) is 4.27. The Kier molecular flexibility index (Phi) is 7.02. The molecule has 0 heterocycles. The van der Waals surface area contributed by atoms with Crippen LogP contribution in [0.15, 0.2) is 12.7 Å². The van der Waals surface area contributed by atoms with Crippen LogP contribution in [0.2, 0.25) is 0 Å². The molecule has 0 saturated heterocycles. The van der Waals surface area contributed by atoms with E-state index >= 15 is 0 Å². The van der Waals surface area contributed by atoms with E-state index in [1.165, 1.54) is 0 Å². The van der Waals surface area contributed by atoms with Gasteiger partial charge in [-0.15, -0.1) is 0 Å². The third kappa shape index (κ3) is 8.30. The fraction of sp³-hybridized carbons (Fsp3) is 0.667. The van der Waals surface area contributed by atoms with Gasteiger partial charge in [0.25, 0.3) is 0 Å². The zero-order valence-corrected chi connectivity index (χ0v) is 10.7. The Balaban J connectivity index is 3.73. The van der Waals surface area contributed by atoms with Gasteiger partial charge in [0.15, 0.2) is 0 Å². The van der Waals surface area contributed by atoms with Crippen molar-refractivity contribution in [2.45, 2.75) is 39.2 Å². The van der Waals surface area contributed by atoms with Gasteiger partial charge in [-0.25, -0.2) is 9.59 Å². The van der Waals surface area contributed by atoms with Crippen LogP contribution in [-0.2, 0) is 14.3 Å². The number of hydrogen-bond donors (Lipinski definition) is 1. The van der Waals surface area contributed by atoms with Crippen molar-refractivity contribution in [3.8, 4) is 0 Å². The van der Waals surface area contributed by atoms with Gasteiger partial charge in [0.05, 0.1) is 0 Å². The molecule has 0 spiro atoms. The van der Waals surface area contributed by atoms with E-state index in [1.807, 2.05) is 20.8 Å². The van der Waals surface area contributed by atoms with Gasteiger partial charge in [-0.2, -0.15) is 0 Å². The van der Waals surface area contributed by atoms with E-state index in [9.17, 15) is 9.59 Å². The molecule has 0 fully saturated rings. The number of carbonyl (C=O) groups is 2. The third-order valence-corrected chi connectivity index (χ3v) is 2.04. The number of esters is 1. The molecule has 0 saturated carbocycles. The first-order valence-electron chi connectivity index (χ1n) is 5.65. The fourth-order valence-corrected chi connectivity index (χ4v) is 1.34. The van der Waals surface area contributed by atoms with Crippen LogP contribution in [0.3, 0.4) is 0 Å². The first-order valence-corrected chi connectivity index (χ1v) is 5.65. The third-order valence-electron chi connectivity index (χ3n) is 2.04. The normalized spacial score (nSPS) is 10.5. The molecule has 0 aliphatic heterocycles. The van der Waals surface area contributed by atoms with Gasteiger partial charge in [-0.05, 0) is 20.3 Å². The Bertz CT molecular complexity index is 274. The molecule has 0 unspecified atom stereocenters. The van der Waals surface area contributed by atoms with Crippen LogP contribution in [-0.4, -0.2) is 30.8 Å². The summed E-state index contributed by atoms with van der Waals surface area (Å²) in [6.45, 7) is 9.22. The minimum Gasteiger partial charge on any atom is -0.459 e. The number of nitrogens with one attached hydrogen (secondary N) is 1. The molecule has 0 rings (SSSR count). The standard InChI is InChI=1S/C12H21NO4/c1-5-7-12(3,4)13-11(15)17-9-8-16-10(14)6-2/h6H,2,5,7-9H2,1,3-4H3,(H,13,15). The lowest BCUT2D eigenvalue weighted by Crippen LogP contribution is -2.43. The van der Waals surface area contributed by atoms with Crippen LogP contribution < -0.4 is 5.32 Å². The van der Waals surface area contributed by atoms with Crippen LogP contribution in [0.5, 0.6) is 0 Å². The Morgan fingerprint density at radius 3 is 2.41 bits per heavy atom. The molecule has 17 heavy (non-hydrogen) atoms. The lowest BCUT2D eigenvalue weighted by molar-refractivity contribution is -0.138. The van der Waals surface area contributed by atoms with Crippen LogP contribution in [0.1, 0.15) is 33.6 Å². The maximum atomic E-state index is 11.4. The minimum atomic E-state index is -0.527. The number of rotatable bonds is 7. The maximum Gasteiger partial charge on any atom is 0.407 e. The highest BCUT2D eigenvalue weighted by Crippen LogP contribution is 2.10. The molecular formula is C12H21NO4. The number of hydrogen-bond acceptors (Lipinski definition) is 4. The highest BCUT2D eigenvalue weighted by Gasteiger charge is 2.19. The number of amides is 1. The molecular weight excluding hydrogens is 222 g/mol. The zero-order chi connectivity index (χ0) is 13.3. The fourth-order valence-electron chi connectivity index (χ4n) is 1.34. The molecule has 5 nitrogen and oxygen atoms in total. The van der Waals surface area contributed by atoms with Crippen LogP contribution >= 0.6 is 0 Å². The van der Waals surface area contributed by atoms with Crippen molar-refractivity contribution in [2.24, 2.45) is 0 Å². The SMILES string of the molecule is C=CC(=O)OCCOC(=O)NC(C)(C)CCC. The van der Waals surface area contributed by atoms with Gasteiger partial charge >= 0.3 is 12.1 Å². The summed E-state index contributed by atoms with van der Waals surface area (Å²) in [6.07, 6.45) is 2.40. The van der Waals surface area contributed by atoms with Crippen molar-refractivity contribution in [3.05, 3.63) is 12.7 Å². The smallest absolute Gasteiger partial charge is 0.407 e. The van der Waals surface area contributed by atoms with Gasteiger partial charge in [0.2, 0.25) is 0 Å². The van der Waals surface area contributed by atoms with Crippen molar-refractivity contribution in [3.63, 3.8) is 0 Å². The second kappa shape index (κ2) is 7.70. The molecule has 1 N–H and O–H groups in total. The van der Waals surface area contributed by atoms with Crippen LogP contribution in [0.4, 0.5) is 4.79 Å². The van der Waals surface area contributed by atoms with E-state index < -0.39 is 12.1 Å². The quantitative estimate of drug-likeness (QED) is 0.422. The Labute approximate surface area is 102 Å². The van der Waals surface area contributed by atoms with Gasteiger partial charge in [-0.1, -0.05) is 19.9 Å². The van der Waals surface area contributed by atoms with Gasteiger partial charge < -0.3 is 14.8 Å². The van der Waals surface area contributed by atoms with Crippen molar-refractivity contribution in [1.82, 2.24) is 5.32 Å². The summed E-state index contributed by atoms with van der Waals surface area (Å²) in [7, 11) is 0. The highest BCUT2D eigenvalue weighted by molar-refractivity contribution is 5.81. The van der Waals surface area contributed by atoms with Gasteiger partial charge in [0, 0.05) is 11.6 Å². The molecule has 0 aromatic rings. The number of carbonyl (C=O) groups excluding carboxylic acids is 2. The molecule has 0 bridgehead atoms. The summed E-state index contributed by atoms with van der Waals surface area (Å²) in [5, 5.41) is 2.74. The van der Waals surface area contributed by atoms with E-state index in [1.54, 1.807) is 0 Å². The maximum absolute atomic E-state index is 11.4. The molecule has 0 radical (unpaired) electrons. The van der Waals surface area contributed by atoms with Gasteiger partial charge in [0.1, 0.15) is 13.2 Å². The van der Waals surface area contributed by atoms with Crippen molar-refractivity contribution < 1.29 is 19.1 Å². The summed E-state index contributed by atoms with van der Waals surface area (Å²) in [5.41, 5.74) is -0.288. The molecule has 0 aromatic heterocycles. The van der Waals surface area contributed by atoms with Crippen molar-refractivity contribution in [2.75, 3.05) is 13.2 Å². The first kappa shape index (κ1) is 15.5. The van der Waals surface area contributed by atoms with E-state index in [2.05, 4.69) is 16.6 Å². The Morgan fingerprint density at radius 2 is 1.88 bits per heavy atom. The zero-order valence-electron chi connectivity index (χ0n) is 10.7. The van der Waals surface area contributed by atoms with E-state index in [0.29, 0.717) is 0 Å². The van der Waals surface area contributed by atoms with Gasteiger partial charge in [-0.3, -0.25) is 0 Å². The summed E-state index contributed by atoms with van der Waals surface area (Å²) < 4.78 is 9.51. The van der Waals surface area contributed by atoms with Crippen molar-refractivity contribution >= 4 is 12.1 Å². The lowest BCUT2D eigenvalue weighted by Gasteiger charge is -2.25. The number of ether oxygens (including phenoxy) is 2. The summed E-state index contributed by atoms with van der Waals surface area (Å²) in [6, 6.07) is 0. The van der Waals surface area contributed by atoms with Crippen LogP contribution in [0.25, 0.3) is 0 Å². The summed E-state index contributed by atoms with van der Waals surface area (Å²) in [4.78, 5) is 22.0. The average molecular weight is 243 g/mol. The largest absolute Gasteiger partial charge is 0.459 e. The molecule has 0 aliphatic rings. The van der Waals surface area contributed by atoms with E-state index in [-0.39, 0.29) is 18.8 Å². The first-order chi connectivity index (χ1) is 7.91. The topological polar surface area (TPSA) is 64.6 Å². The second-order valence-electron chi connectivity index (χ2n) is 4.27. The monoisotopic (exact) mass is 243 g/mol. The molecule has 0 aromatic carbocycles. The highest BCUT2D eigenvalue weighted by atomic mass is 16.6. The molecule has 1 amide bonds. The molecule has 98 valence electrons. The predicted molar refractivity (Wildman–Crippen MR) is 64.6 cm³/mol. The minimum absolute atomic E-state index is 0.0342. The Hall–Kier alpha value is -1.52. The molecule has 5 heteroatoms. The summed E-state index contributed by atoms with van der Waals surface area (Å²) in [5.74, 6) is -0.527. The molecule has 0 aliphatic carbocycles. The lowest BCUT2D eigenvalue weighted by atomic mass is 9.99. The number of alkyl carbamates (subject to hydrolysis) is 1. The van der Waals surface area contributed by atoms with Crippen LogP contribution in [0, 0.1) is 0 Å².